The number of carbonyl (C=O) groups is 1. The molecule has 1 aromatic heterocycles. The standard InChI is InChI=1S/C14H23N3OS/c1-3-14(2,13-15-7-10-19-13)16-11-12(18)17-8-5-4-6-9-17/h7,10,16H,3-6,8-9,11H2,1-2H3. The maximum absolute atomic E-state index is 12.2. The van der Waals surface area contributed by atoms with Crippen molar-refractivity contribution >= 4 is 17.2 Å². The van der Waals surface area contributed by atoms with Crippen molar-refractivity contribution in [2.75, 3.05) is 19.6 Å². The summed E-state index contributed by atoms with van der Waals surface area (Å²) >= 11 is 1.64. The van der Waals surface area contributed by atoms with E-state index in [0.717, 1.165) is 37.4 Å². The van der Waals surface area contributed by atoms with Gasteiger partial charge in [0.1, 0.15) is 5.01 Å². The molecule has 4 nitrogen and oxygen atoms in total. The number of piperidine rings is 1. The summed E-state index contributed by atoms with van der Waals surface area (Å²) in [6.07, 6.45) is 6.28. The van der Waals surface area contributed by atoms with Crippen LogP contribution in [0, 0.1) is 0 Å². The first-order valence-electron chi connectivity index (χ1n) is 7.08. The van der Waals surface area contributed by atoms with E-state index in [4.69, 9.17) is 0 Å². The van der Waals surface area contributed by atoms with Gasteiger partial charge in [0.25, 0.3) is 0 Å². The maximum atomic E-state index is 12.2. The highest BCUT2D eigenvalue weighted by atomic mass is 32.1. The smallest absolute Gasteiger partial charge is 0.236 e. The summed E-state index contributed by atoms with van der Waals surface area (Å²) in [5.41, 5.74) is -0.195. The van der Waals surface area contributed by atoms with Crippen LogP contribution in [-0.2, 0) is 10.3 Å². The minimum Gasteiger partial charge on any atom is -0.342 e. The number of nitrogens with one attached hydrogen (secondary N) is 1. The first kappa shape index (κ1) is 14.5. The summed E-state index contributed by atoms with van der Waals surface area (Å²) in [6, 6.07) is 0. The van der Waals surface area contributed by atoms with E-state index in [0.29, 0.717) is 6.54 Å². The van der Waals surface area contributed by atoms with Gasteiger partial charge in [0.2, 0.25) is 5.91 Å². The highest BCUT2D eigenvalue weighted by Crippen LogP contribution is 2.26. The monoisotopic (exact) mass is 281 g/mol. The zero-order chi connectivity index (χ0) is 13.7. The molecule has 1 aliphatic heterocycles. The molecule has 2 rings (SSSR count). The second kappa shape index (κ2) is 6.48. The molecule has 5 heteroatoms. The van der Waals surface area contributed by atoms with Gasteiger partial charge in [-0.25, -0.2) is 4.98 Å². The van der Waals surface area contributed by atoms with Gasteiger partial charge in [0, 0.05) is 24.7 Å². The predicted molar refractivity (Wildman–Crippen MR) is 78.2 cm³/mol. The average Bonchev–Trinajstić information content (AvgIpc) is 3.00. The topological polar surface area (TPSA) is 45.2 Å². The molecule has 0 aliphatic carbocycles. The molecule has 1 fully saturated rings. The second-order valence-corrected chi connectivity index (χ2v) is 6.21. The number of rotatable bonds is 5. The van der Waals surface area contributed by atoms with Crippen LogP contribution in [0.5, 0.6) is 0 Å². The van der Waals surface area contributed by atoms with Gasteiger partial charge in [-0.05, 0) is 32.6 Å². The van der Waals surface area contributed by atoms with E-state index in [1.165, 1.54) is 6.42 Å². The van der Waals surface area contributed by atoms with Crippen LogP contribution in [0.2, 0.25) is 0 Å². The molecule has 0 radical (unpaired) electrons. The molecular weight excluding hydrogens is 258 g/mol. The third-order valence-electron chi connectivity index (χ3n) is 3.95. The third kappa shape index (κ3) is 3.54. The normalized spacial score (nSPS) is 19.2. The summed E-state index contributed by atoms with van der Waals surface area (Å²) in [5.74, 6) is 0.218. The highest BCUT2D eigenvalue weighted by Gasteiger charge is 2.28. The van der Waals surface area contributed by atoms with E-state index in [1.807, 2.05) is 16.5 Å². The Morgan fingerprint density at radius 3 is 2.79 bits per heavy atom. The predicted octanol–water partition coefficient (Wildman–Crippen LogP) is 2.37. The first-order valence-corrected chi connectivity index (χ1v) is 7.96. The van der Waals surface area contributed by atoms with E-state index in [2.05, 4.69) is 24.1 Å². The summed E-state index contributed by atoms with van der Waals surface area (Å²) in [6.45, 7) is 6.49. The molecule has 0 spiro atoms. The van der Waals surface area contributed by atoms with Gasteiger partial charge in [-0.3, -0.25) is 10.1 Å². The minimum absolute atomic E-state index is 0.195. The Balaban J connectivity index is 1.90. The fourth-order valence-electron chi connectivity index (χ4n) is 2.37. The molecule has 1 unspecified atom stereocenters. The minimum atomic E-state index is -0.195. The maximum Gasteiger partial charge on any atom is 0.236 e. The zero-order valence-electron chi connectivity index (χ0n) is 11.8. The SMILES string of the molecule is CCC(C)(NCC(=O)N1CCCCC1)c1nccs1. The van der Waals surface area contributed by atoms with E-state index >= 15 is 0 Å². The number of likely N-dealkylation sites (tertiary alicyclic amines) is 1. The van der Waals surface area contributed by atoms with Gasteiger partial charge in [-0.15, -0.1) is 11.3 Å². The van der Waals surface area contributed by atoms with Crippen molar-refractivity contribution in [3.05, 3.63) is 16.6 Å². The van der Waals surface area contributed by atoms with Crippen LogP contribution in [0.15, 0.2) is 11.6 Å². The number of hydrogen-bond donors (Lipinski definition) is 1. The van der Waals surface area contributed by atoms with Gasteiger partial charge in [-0.1, -0.05) is 6.92 Å². The molecular formula is C14H23N3OS. The molecule has 1 N–H and O–H groups in total. The second-order valence-electron chi connectivity index (χ2n) is 5.32. The molecule has 0 saturated carbocycles. The van der Waals surface area contributed by atoms with Crippen LogP contribution in [0.4, 0.5) is 0 Å². The Bertz CT molecular complexity index is 401. The molecule has 1 aromatic rings. The van der Waals surface area contributed by atoms with Gasteiger partial charge in [-0.2, -0.15) is 0 Å². The number of hydrogen-bond acceptors (Lipinski definition) is 4. The first-order chi connectivity index (χ1) is 9.15. The van der Waals surface area contributed by atoms with Crippen molar-refractivity contribution < 1.29 is 4.79 Å². The summed E-state index contributed by atoms with van der Waals surface area (Å²) in [5, 5.41) is 6.44. The zero-order valence-corrected chi connectivity index (χ0v) is 12.6. The van der Waals surface area contributed by atoms with Gasteiger partial charge in [0.15, 0.2) is 0 Å². The van der Waals surface area contributed by atoms with E-state index < -0.39 is 0 Å². The lowest BCUT2D eigenvalue weighted by molar-refractivity contribution is -0.131. The number of aromatic nitrogens is 1. The lowest BCUT2D eigenvalue weighted by Gasteiger charge is -2.31. The average molecular weight is 281 g/mol. The molecule has 106 valence electrons. The summed E-state index contributed by atoms with van der Waals surface area (Å²) < 4.78 is 0. The molecule has 0 bridgehead atoms. The lowest BCUT2D eigenvalue weighted by Crippen LogP contribution is -2.47. The number of nitrogens with zero attached hydrogens (tertiary/aromatic N) is 2. The van der Waals surface area contributed by atoms with Crippen molar-refractivity contribution in [1.82, 2.24) is 15.2 Å². The molecule has 19 heavy (non-hydrogen) atoms. The number of thiazole rings is 1. The summed E-state index contributed by atoms with van der Waals surface area (Å²) in [7, 11) is 0. The van der Waals surface area contributed by atoms with Crippen molar-refractivity contribution in [2.45, 2.75) is 45.1 Å². The molecule has 0 aromatic carbocycles. The molecule has 1 amide bonds. The number of amides is 1. The number of carbonyl (C=O) groups excluding carboxylic acids is 1. The Labute approximate surface area is 119 Å². The molecule has 1 aliphatic rings. The van der Waals surface area contributed by atoms with E-state index in [1.54, 1.807) is 11.3 Å². The van der Waals surface area contributed by atoms with Crippen molar-refractivity contribution in [2.24, 2.45) is 0 Å². The van der Waals surface area contributed by atoms with Crippen LogP contribution in [0.1, 0.15) is 44.5 Å². The van der Waals surface area contributed by atoms with Crippen LogP contribution in [0.25, 0.3) is 0 Å². The van der Waals surface area contributed by atoms with Gasteiger partial charge >= 0.3 is 0 Å². The molecule has 1 atom stereocenters. The fourth-order valence-corrected chi connectivity index (χ4v) is 3.22. The molecule has 2 heterocycles. The lowest BCUT2D eigenvalue weighted by atomic mass is 10.00. The van der Waals surface area contributed by atoms with E-state index in [-0.39, 0.29) is 11.4 Å². The largest absolute Gasteiger partial charge is 0.342 e. The Morgan fingerprint density at radius 2 is 2.21 bits per heavy atom. The quantitative estimate of drug-likeness (QED) is 0.901. The van der Waals surface area contributed by atoms with Gasteiger partial charge < -0.3 is 4.90 Å². The molecule has 1 saturated heterocycles. The Morgan fingerprint density at radius 1 is 1.47 bits per heavy atom. The third-order valence-corrected chi connectivity index (χ3v) is 4.99. The van der Waals surface area contributed by atoms with Crippen molar-refractivity contribution in [1.29, 1.82) is 0 Å². The Kier molecular flexibility index (Phi) is 4.93. The van der Waals surface area contributed by atoms with Gasteiger partial charge in [0.05, 0.1) is 12.1 Å². The van der Waals surface area contributed by atoms with Crippen molar-refractivity contribution in [3.63, 3.8) is 0 Å². The van der Waals surface area contributed by atoms with Crippen LogP contribution < -0.4 is 5.32 Å². The fraction of sp³-hybridized carbons (Fsp3) is 0.714. The van der Waals surface area contributed by atoms with Crippen LogP contribution in [-0.4, -0.2) is 35.4 Å². The summed E-state index contributed by atoms with van der Waals surface area (Å²) in [4.78, 5) is 18.5. The Hall–Kier alpha value is -0.940. The highest BCUT2D eigenvalue weighted by molar-refractivity contribution is 7.09. The van der Waals surface area contributed by atoms with Crippen LogP contribution >= 0.6 is 11.3 Å². The van der Waals surface area contributed by atoms with Crippen molar-refractivity contribution in [3.8, 4) is 0 Å². The van der Waals surface area contributed by atoms with Crippen LogP contribution in [0.3, 0.4) is 0 Å². The van der Waals surface area contributed by atoms with E-state index in [9.17, 15) is 4.79 Å².